The fourth-order valence-electron chi connectivity index (χ4n) is 0.640. The molecule has 1 heterocycles. The maximum atomic E-state index is 12.0. The van der Waals surface area contributed by atoms with Gasteiger partial charge in [0, 0.05) is 4.88 Å². The standard InChI is InChI=1S/C6H7ClFNS/c7-4-1-2-10-6(4)5(9)3-8/h1-2,5H,3,9H2/t5-/m0/s1. The summed E-state index contributed by atoms with van der Waals surface area (Å²) in [5.41, 5.74) is 5.39. The number of alkyl halides is 1. The summed E-state index contributed by atoms with van der Waals surface area (Å²) in [7, 11) is 0. The van der Waals surface area contributed by atoms with Gasteiger partial charge in [-0.3, -0.25) is 0 Å². The van der Waals surface area contributed by atoms with Crippen LogP contribution in [0.1, 0.15) is 10.9 Å². The van der Waals surface area contributed by atoms with Crippen LogP contribution in [0.3, 0.4) is 0 Å². The zero-order valence-corrected chi connectivity index (χ0v) is 6.75. The Bertz CT molecular complexity index is 213. The van der Waals surface area contributed by atoms with E-state index in [9.17, 15) is 4.39 Å². The number of thiophene rings is 1. The molecule has 0 bridgehead atoms. The summed E-state index contributed by atoms with van der Waals surface area (Å²) in [6.07, 6.45) is 0. The molecule has 1 aromatic heterocycles. The second-order valence-corrected chi connectivity index (χ2v) is 3.25. The minimum absolute atomic E-state index is 0.549. The van der Waals surface area contributed by atoms with Crippen molar-refractivity contribution in [2.24, 2.45) is 5.73 Å². The van der Waals surface area contributed by atoms with Gasteiger partial charge in [0.15, 0.2) is 0 Å². The molecule has 0 amide bonds. The van der Waals surface area contributed by atoms with Gasteiger partial charge in [0.05, 0.1) is 11.1 Å². The second kappa shape index (κ2) is 3.32. The summed E-state index contributed by atoms with van der Waals surface area (Å²) in [5.74, 6) is 0. The van der Waals surface area contributed by atoms with E-state index in [1.54, 1.807) is 11.4 Å². The molecule has 0 aliphatic rings. The highest BCUT2D eigenvalue weighted by Crippen LogP contribution is 2.27. The maximum Gasteiger partial charge on any atom is 0.110 e. The summed E-state index contributed by atoms with van der Waals surface area (Å²) < 4.78 is 12.0. The lowest BCUT2D eigenvalue weighted by molar-refractivity contribution is 0.440. The topological polar surface area (TPSA) is 26.0 Å². The number of rotatable bonds is 2. The first-order valence-corrected chi connectivity index (χ1v) is 4.06. The van der Waals surface area contributed by atoms with Gasteiger partial charge in [0.2, 0.25) is 0 Å². The van der Waals surface area contributed by atoms with Crippen LogP contribution in [0.4, 0.5) is 4.39 Å². The van der Waals surface area contributed by atoms with Crippen molar-refractivity contribution >= 4 is 22.9 Å². The first-order valence-electron chi connectivity index (χ1n) is 2.80. The van der Waals surface area contributed by atoms with Gasteiger partial charge < -0.3 is 5.73 Å². The number of hydrogen-bond donors (Lipinski definition) is 1. The number of hydrogen-bond acceptors (Lipinski definition) is 2. The molecular formula is C6H7ClFNS. The number of halogens is 2. The lowest BCUT2D eigenvalue weighted by Crippen LogP contribution is -2.10. The Kier molecular flexibility index (Phi) is 2.65. The van der Waals surface area contributed by atoms with Crippen LogP contribution in [-0.2, 0) is 0 Å². The van der Waals surface area contributed by atoms with Gasteiger partial charge in [0.1, 0.15) is 6.67 Å². The fraction of sp³-hybridized carbons (Fsp3) is 0.333. The van der Waals surface area contributed by atoms with E-state index < -0.39 is 12.7 Å². The Balaban J connectivity index is 2.82. The molecule has 4 heteroatoms. The third kappa shape index (κ3) is 1.48. The van der Waals surface area contributed by atoms with E-state index in [4.69, 9.17) is 17.3 Å². The molecule has 0 aliphatic heterocycles. The van der Waals surface area contributed by atoms with Gasteiger partial charge in [-0.1, -0.05) is 11.6 Å². The second-order valence-electron chi connectivity index (χ2n) is 1.89. The normalized spacial score (nSPS) is 13.5. The van der Waals surface area contributed by atoms with Crippen LogP contribution >= 0.6 is 22.9 Å². The lowest BCUT2D eigenvalue weighted by atomic mass is 10.3. The van der Waals surface area contributed by atoms with Crippen LogP contribution in [0.5, 0.6) is 0 Å². The first kappa shape index (κ1) is 7.98. The van der Waals surface area contributed by atoms with E-state index >= 15 is 0 Å². The highest BCUT2D eigenvalue weighted by molar-refractivity contribution is 7.10. The fourth-order valence-corrected chi connectivity index (χ4v) is 1.82. The van der Waals surface area contributed by atoms with Crippen molar-refractivity contribution in [3.05, 3.63) is 21.3 Å². The molecule has 0 fully saturated rings. The van der Waals surface area contributed by atoms with E-state index in [0.717, 1.165) is 4.88 Å². The molecule has 56 valence electrons. The molecule has 1 rings (SSSR count). The minimum Gasteiger partial charge on any atom is -0.321 e. The Hall–Kier alpha value is -0.120. The average Bonchev–Trinajstić information content (AvgIpc) is 2.34. The molecule has 0 spiro atoms. The van der Waals surface area contributed by atoms with Crippen LogP contribution < -0.4 is 5.73 Å². The van der Waals surface area contributed by atoms with Crippen molar-refractivity contribution in [2.75, 3.05) is 6.67 Å². The van der Waals surface area contributed by atoms with E-state index in [0.29, 0.717) is 5.02 Å². The molecule has 1 aromatic rings. The maximum absolute atomic E-state index is 12.0. The molecule has 1 nitrogen and oxygen atoms in total. The monoisotopic (exact) mass is 179 g/mol. The highest BCUT2D eigenvalue weighted by atomic mass is 35.5. The largest absolute Gasteiger partial charge is 0.321 e. The summed E-state index contributed by atoms with van der Waals surface area (Å²) in [6.45, 7) is -0.555. The molecule has 0 saturated heterocycles. The van der Waals surface area contributed by atoms with E-state index in [-0.39, 0.29) is 0 Å². The lowest BCUT2D eigenvalue weighted by Gasteiger charge is -2.02. The first-order chi connectivity index (χ1) is 4.75. The molecule has 0 saturated carbocycles. The van der Waals surface area contributed by atoms with Crippen molar-refractivity contribution in [1.29, 1.82) is 0 Å². The molecule has 0 aromatic carbocycles. The quantitative estimate of drug-likeness (QED) is 0.741. The molecule has 10 heavy (non-hydrogen) atoms. The van der Waals surface area contributed by atoms with Crippen molar-refractivity contribution in [1.82, 2.24) is 0 Å². The zero-order chi connectivity index (χ0) is 7.56. The Morgan fingerprint density at radius 1 is 1.80 bits per heavy atom. The third-order valence-corrected chi connectivity index (χ3v) is 2.64. The van der Waals surface area contributed by atoms with Gasteiger partial charge in [-0.2, -0.15) is 0 Å². The molecule has 1 atom stereocenters. The predicted molar refractivity (Wildman–Crippen MR) is 42.2 cm³/mol. The van der Waals surface area contributed by atoms with Crippen molar-refractivity contribution in [3.8, 4) is 0 Å². The zero-order valence-electron chi connectivity index (χ0n) is 5.18. The van der Waals surface area contributed by atoms with Crippen LogP contribution in [-0.4, -0.2) is 6.67 Å². The summed E-state index contributed by atoms with van der Waals surface area (Å²) in [6, 6.07) is 1.17. The van der Waals surface area contributed by atoms with E-state index in [1.807, 2.05) is 0 Å². The molecule has 0 radical (unpaired) electrons. The summed E-state index contributed by atoms with van der Waals surface area (Å²) >= 11 is 7.06. The van der Waals surface area contributed by atoms with Crippen molar-refractivity contribution < 1.29 is 4.39 Å². The molecule has 0 unspecified atom stereocenters. The van der Waals surface area contributed by atoms with Gasteiger partial charge in [-0.05, 0) is 11.4 Å². The number of nitrogens with two attached hydrogens (primary N) is 1. The van der Waals surface area contributed by atoms with Gasteiger partial charge in [-0.15, -0.1) is 11.3 Å². The van der Waals surface area contributed by atoms with Crippen LogP contribution in [0.15, 0.2) is 11.4 Å². The summed E-state index contributed by atoms with van der Waals surface area (Å²) in [4.78, 5) is 0.726. The van der Waals surface area contributed by atoms with Crippen molar-refractivity contribution in [2.45, 2.75) is 6.04 Å². The Morgan fingerprint density at radius 3 is 2.90 bits per heavy atom. The Morgan fingerprint density at radius 2 is 2.50 bits per heavy atom. The van der Waals surface area contributed by atoms with Crippen LogP contribution in [0.25, 0.3) is 0 Å². The van der Waals surface area contributed by atoms with Gasteiger partial charge >= 0.3 is 0 Å². The Labute approximate surface area is 67.6 Å². The van der Waals surface area contributed by atoms with Crippen LogP contribution in [0.2, 0.25) is 5.02 Å². The molecule has 0 aliphatic carbocycles. The van der Waals surface area contributed by atoms with Gasteiger partial charge in [-0.25, -0.2) is 4.39 Å². The SMILES string of the molecule is N[C@@H](CF)c1sccc1Cl. The van der Waals surface area contributed by atoms with Crippen LogP contribution in [0, 0.1) is 0 Å². The van der Waals surface area contributed by atoms with Crippen molar-refractivity contribution in [3.63, 3.8) is 0 Å². The summed E-state index contributed by atoms with van der Waals surface area (Å²) in [5, 5.41) is 2.36. The highest BCUT2D eigenvalue weighted by Gasteiger charge is 2.09. The average molecular weight is 180 g/mol. The van der Waals surface area contributed by atoms with E-state index in [2.05, 4.69) is 0 Å². The van der Waals surface area contributed by atoms with Gasteiger partial charge in [0.25, 0.3) is 0 Å². The molecule has 2 N–H and O–H groups in total. The minimum atomic E-state index is -0.555. The smallest absolute Gasteiger partial charge is 0.110 e. The molecular weight excluding hydrogens is 173 g/mol. The predicted octanol–water partition coefficient (Wildman–Crippen LogP) is 2.37. The third-order valence-electron chi connectivity index (χ3n) is 1.15. The van der Waals surface area contributed by atoms with E-state index in [1.165, 1.54) is 11.3 Å².